The highest BCUT2D eigenvalue weighted by Crippen LogP contribution is 2.45. The first kappa shape index (κ1) is 24.0. The number of nitrogens with zero attached hydrogens (tertiary/aromatic N) is 3. The molecule has 1 aromatic rings. The van der Waals surface area contributed by atoms with Crippen LogP contribution in [0.25, 0.3) is 4.85 Å². The molecular weight excluding hydrogens is 434 g/mol. The zero-order valence-corrected chi connectivity index (χ0v) is 17.2. The number of amides is 1. The number of thioether (sulfide) groups is 1. The SMILES string of the molecule is [C-]#[N+]c1cc(SC(C)(C)C)c(NC(=O)C2(C)CC(C(F)(F)F)N=N2)cc1C(F)(F)F. The smallest absolute Gasteiger partial charge is 0.323 e. The van der Waals surface area contributed by atoms with Crippen molar-refractivity contribution in [2.24, 2.45) is 10.2 Å². The number of carbonyl (C=O) groups is 1. The van der Waals surface area contributed by atoms with Crippen LogP contribution in [0.2, 0.25) is 0 Å². The summed E-state index contributed by atoms with van der Waals surface area (Å²) in [4.78, 5) is 15.8. The van der Waals surface area contributed by atoms with Crippen LogP contribution in [0.15, 0.2) is 27.3 Å². The molecule has 2 rings (SSSR count). The number of azo groups is 1. The molecule has 30 heavy (non-hydrogen) atoms. The van der Waals surface area contributed by atoms with Gasteiger partial charge in [-0.1, -0.05) is 20.8 Å². The summed E-state index contributed by atoms with van der Waals surface area (Å²) >= 11 is 1.11. The van der Waals surface area contributed by atoms with Gasteiger partial charge in [-0.25, -0.2) is 4.85 Å². The molecule has 0 spiro atoms. The van der Waals surface area contributed by atoms with Crippen molar-refractivity contribution < 1.29 is 31.1 Å². The van der Waals surface area contributed by atoms with Crippen LogP contribution in [-0.4, -0.2) is 28.4 Å². The molecule has 0 aliphatic carbocycles. The molecule has 2 unspecified atom stereocenters. The van der Waals surface area contributed by atoms with E-state index in [-0.39, 0.29) is 10.6 Å². The fourth-order valence-electron chi connectivity index (χ4n) is 2.63. The van der Waals surface area contributed by atoms with Gasteiger partial charge in [-0.05, 0) is 19.1 Å². The van der Waals surface area contributed by atoms with Crippen LogP contribution < -0.4 is 5.32 Å². The maximum atomic E-state index is 13.4. The Hall–Kier alpha value is -2.29. The Morgan fingerprint density at radius 1 is 1.23 bits per heavy atom. The lowest BCUT2D eigenvalue weighted by molar-refractivity contribution is -0.148. The summed E-state index contributed by atoms with van der Waals surface area (Å²) in [6, 6.07) is -0.527. The number of benzene rings is 1. The van der Waals surface area contributed by atoms with E-state index >= 15 is 0 Å². The molecule has 1 N–H and O–H groups in total. The Balaban J connectivity index is 2.45. The lowest BCUT2D eigenvalue weighted by Gasteiger charge is -2.24. The van der Waals surface area contributed by atoms with Gasteiger partial charge >= 0.3 is 12.4 Å². The fourth-order valence-corrected chi connectivity index (χ4v) is 3.68. The van der Waals surface area contributed by atoms with Crippen LogP contribution in [0, 0.1) is 6.57 Å². The Kier molecular flexibility index (Phi) is 6.20. The predicted molar refractivity (Wildman–Crippen MR) is 99.7 cm³/mol. The molecular formula is C18H18F6N4OS. The van der Waals surface area contributed by atoms with Crippen LogP contribution in [-0.2, 0) is 11.0 Å². The van der Waals surface area contributed by atoms with Gasteiger partial charge in [0.15, 0.2) is 11.6 Å². The minimum absolute atomic E-state index is 0.181. The van der Waals surface area contributed by atoms with Gasteiger partial charge in [0.2, 0.25) is 5.69 Å². The van der Waals surface area contributed by atoms with Crippen molar-refractivity contribution >= 4 is 29.0 Å². The molecule has 0 saturated carbocycles. The van der Waals surface area contributed by atoms with E-state index in [9.17, 15) is 31.1 Å². The lowest BCUT2D eigenvalue weighted by Crippen LogP contribution is -2.40. The average Bonchev–Trinajstić information content (AvgIpc) is 2.97. The summed E-state index contributed by atoms with van der Waals surface area (Å²) in [6.07, 6.45) is -10.3. The molecule has 1 aliphatic heterocycles. The summed E-state index contributed by atoms with van der Waals surface area (Å²) in [5.41, 5.74) is -4.04. The Morgan fingerprint density at radius 2 is 1.83 bits per heavy atom. The second-order valence-corrected chi connectivity index (χ2v) is 9.76. The van der Waals surface area contributed by atoms with Crippen molar-refractivity contribution in [3.05, 3.63) is 29.1 Å². The van der Waals surface area contributed by atoms with Crippen LogP contribution in [0.4, 0.5) is 37.7 Å². The highest BCUT2D eigenvalue weighted by atomic mass is 32.2. The average molecular weight is 452 g/mol. The van der Waals surface area contributed by atoms with Crippen molar-refractivity contribution in [3.63, 3.8) is 0 Å². The van der Waals surface area contributed by atoms with Crippen LogP contribution in [0.5, 0.6) is 0 Å². The lowest BCUT2D eigenvalue weighted by atomic mass is 9.94. The predicted octanol–water partition coefficient (Wildman–Crippen LogP) is 6.63. The third-order valence-corrected chi connectivity index (χ3v) is 5.23. The van der Waals surface area contributed by atoms with E-state index in [2.05, 4.69) is 20.4 Å². The normalized spacial score (nSPS) is 22.1. The maximum absolute atomic E-state index is 13.4. The Morgan fingerprint density at radius 3 is 2.27 bits per heavy atom. The first-order chi connectivity index (χ1) is 13.5. The molecule has 0 radical (unpaired) electrons. The maximum Gasteiger partial charge on any atom is 0.412 e. The second kappa shape index (κ2) is 7.76. The van der Waals surface area contributed by atoms with Gasteiger partial charge in [-0.3, -0.25) is 4.79 Å². The van der Waals surface area contributed by atoms with Crippen molar-refractivity contribution in [3.8, 4) is 0 Å². The van der Waals surface area contributed by atoms with Crippen molar-refractivity contribution in [2.75, 3.05) is 5.32 Å². The zero-order chi connectivity index (χ0) is 23.1. The summed E-state index contributed by atoms with van der Waals surface area (Å²) in [6.45, 7) is 13.5. The van der Waals surface area contributed by atoms with E-state index in [0.29, 0.717) is 6.07 Å². The van der Waals surface area contributed by atoms with Gasteiger partial charge < -0.3 is 5.32 Å². The molecule has 12 heteroatoms. The summed E-state index contributed by atoms with van der Waals surface area (Å²) in [5, 5.41) is 8.81. The van der Waals surface area contributed by atoms with Gasteiger partial charge in [0.25, 0.3) is 5.91 Å². The van der Waals surface area contributed by atoms with E-state index in [1.165, 1.54) is 0 Å². The van der Waals surface area contributed by atoms with E-state index in [1.807, 2.05) is 0 Å². The third-order valence-electron chi connectivity index (χ3n) is 4.06. The molecule has 0 aromatic heterocycles. The number of carbonyl (C=O) groups excluding carboxylic acids is 1. The molecule has 1 aromatic carbocycles. The first-order valence-corrected chi connectivity index (χ1v) is 9.40. The van der Waals surface area contributed by atoms with Gasteiger partial charge in [-0.15, -0.1) is 11.8 Å². The number of alkyl halides is 6. The van der Waals surface area contributed by atoms with E-state index in [4.69, 9.17) is 6.57 Å². The van der Waals surface area contributed by atoms with E-state index < -0.39 is 52.3 Å². The molecule has 1 aliphatic rings. The Bertz CT molecular complexity index is 913. The van der Waals surface area contributed by atoms with Gasteiger partial charge in [0.1, 0.15) is 0 Å². The largest absolute Gasteiger partial charge is 0.412 e. The number of nitrogens with one attached hydrogen (secondary N) is 1. The fraction of sp³-hybridized carbons (Fsp3) is 0.556. The van der Waals surface area contributed by atoms with Crippen molar-refractivity contribution in [2.45, 2.75) is 67.7 Å². The number of rotatable bonds is 3. The minimum Gasteiger partial charge on any atom is -0.323 e. The van der Waals surface area contributed by atoms with Crippen LogP contribution in [0.3, 0.4) is 0 Å². The van der Waals surface area contributed by atoms with Crippen LogP contribution >= 0.6 is 11.8 Å². The zero-order valence-electron chi connectivity index (χ0n) is 16.4. The monoisotopic (exact) mass is 452 g/mol. The molecule has 2 atom stereocenters. The summed E-state index contributed by atoms with van der Waals surface area (Å²) in [5.74, 6) is -1.02. The topological polar surface area (TPSA) is 58.2 Å². The second-order valence-electron chi connectivity index (χ2n) is 7.89. The molecule has 1 heterocycles. The summed E-state index contributed by atoms with van der Waals surface area (Å²) < 4.78 is 78.2. The molecule has 164 valence electrons. The standard InChI is InChI=1S/C18H18F6N4OS/c1-15(2,3)30-12-7-10(25-5)9(17(19,20)21)6-11(12)26-14(29)16(4)8-13(27-28-16)18(22,23)24/h6-7,13H,8H2,1-4H3,(H,26,29). The number of hydrogen-bond acceptors (Lipinski definition) is 4. The van der Waals surface area contributed by atoms with Gasteiger partial charge in [0.05, 0.1) is 17.8 Å². The quantitative estimate of drug-likeness (QED) is 0.318. The minimum atomic E-state index is -4.86. The van der Waals surface area contributed by atoms with Crippen molar-refractivity contribution in [1.29, 1.82) is 0 Å². The number of anilines is 1. The Labute approximate surface area is 173 Å². The highest BCUT2D eigenvalue weighted by molar-refractivity contribution is 8.00. The summed E-state index contributed by atoms with van der Waals surface area (Å²) in [7, 11) is 0. The van der Waals surface area contributed by atoms with E-state index in [0.717, 1.165) is 24.8 Å². The molecule has 1 amide bonds. The third kappa shape index (κ3) is 5.44. The van der Waals surface area contributed by atoms with E-state index in [1.54, 1.807) is 20.8 Å². The number of hydrogen-bond donors (Lipinski definition) is 1. The molecule has 0 fully saturated rings. The number of halogens is 6. The van der Waals surface area contributed by atoms with Crippen molar-refractivity contribution in [1.82, 2.24) is 0 Å². The molecule has 0 bridgehead atoms. The first-order valence-electron chi connectivity index (χ1n) is 8.58. The highest BCUT2D eigenvalue weighted by Gasteiger charge is 2.51. The van der Waals surface area contributed by atoms with Gasteiger partial charge in [0, 0.05) is 16.1 Å². The van der Waals surface area contributed by atoms with Gasteiger partial charge in [-0.2, -0.15) is 36.6 Å². The molecule has 0 saturated heterocycles. The molecule has 5 nitrogen and oxygen atoms in total. The van der Waals surface area contributed by atoms with Crippen LogP contribution in [0.1, 0.15) is 39.7 Å².